The Kier molecular flexibility index (Phi) is 3.31. The topological polar surface area (TPSA) is 65.2 Å². The van der Waals surface area contributed by atoms with Crippen LogP contribution in [-0.2, 0) is 16.0 Å². The number of aromatic nitrogens is 2. The monoisotopic (exact) mass is 238 g/mol. The third kappa shape index (κ3) is 2.46. The van der Waals surface area contributed by atoms with Crippen LogP contribution in [0.4, 0.5) is 0 Å². The first-order valence-corrected chi connectivity index (χ1v) is 5.69. The average molecular weight is 238 g/mol. The van der Waals surface area contributed by atoms with Crippen LogP contribution in [0.1, 0.15) is 12.8 Å². The lowest BCUT2D eigenvalue weighted by atomic mass is 10.4. The smallest absolute Gasteiger partial charge is 0.315 e. The molecular weight excluding hydrogens is 228 g/mol. The zero-order valence-corrected chi connectivity index (χ0v) is 9.49. The Bertz CT molecular complexity index is 464. The summed E-state index contributed by atoms with van der Waals surface area (Å²) in [6, 6.07) is 3.78. The molecule has 2 aromatic heterocycles. The zero-order valence-electron chi connectivity index (χ0n) is 8.67. The first-order chi connectivity index (χ1) is 7.79. The van der Waals surface area contributed by atoms with Gasteiger partial charge in [-0.15, -0.1) is 21.5 Å². The molecule has 0 aliphatic carbocycles. The molecule has 16 heavy (non-hydrogen) atoms. The predicted molar refractivity (Wildman–Crippen MR) is 57.9 cm³/mol. The van der Waals surface area contributed by atoms with Gasteiger partial charge in [0.1, 0.15) is 6.42 Å². The molecule has 2 heterocycles. The van der Waals surface area contributed by atoms with Gasteiger partial charge in [-0.25, -0.2) is 0 Å². The van der Waals surface area contributed by atoms with E-state index in [2.05, 4.69) is 10.2 Å². The largest absolute Gasteiger partial charge is 0.466 e. The molecule has 2 rings (SSSR count). The third-order valence-corrected chi connectivity index (χ3v) is 2.66. The normalized spacial score (nSPS) is 10.3. The van der Waals surface area contributed by atoms with Gasteiger partial charge in [-0.2, -0.15) is 0 Å². The maximum atomic E-state index is 11.2. The summed E-state index contributed by atoms with van der Waals surface area (Å²) < 4.78 is 10.1. The van der Waals surface area contributed by atoms with Crippen molar-refractivity contribution in [1.29, 1.82) is 0 Å². The third-order valence-electron chi connectivity index (χ3n) is 1.80. The van der Waals surface area contributed by atoms with Crippen LogP contribution in [0.3, 0.4) is 0 Å². The first kappa shape index (κ1) is 10.8. The van der Waals surface area contributed by atoms with Crippen molar-refractivity contribution in [3.63, 3.8) is 0 Å². The van der Waals surface area contributed by atoms with Gasteiger partial charge >= 0.3 is 5.97 Å². The van der Waals surface area contributed by atoms with Crippen molar-refractivity contribution in [3.8, 4) is 10.8 Å². The summed E-state index contributed by atoms with van der Waals surface area (Å²) in [4.78, 5) is 12.1. The van der Waals surface area contributed by atoms with E-state index >= 15 is 0 Å². The van der Waals surface area contributed by atoms with Gasteiger partial charge in [0, 0.05) is 0 Å². The molecule has 0 atom stereocenters. The average Bonchev–Trinajstić information content (AvgIpc) is 2.86. The minimum absolute atomic E-state index is 0.0201. The van der Waals surface area contributed by atoms with E-state index in [1.807, 2.05) is 17.5 Å². The van der Waals surface area contributed by atoms with Crippen molar-refractivity contribution in [1.82, 2.24) is 10.2 Å². The Labute approximate surface area is 96.1 Å². The number of ether oxygens (including phenoxy) is 1. The van der Waals surface area contributed by atoms with Crippen LogP contribution >= 0.6 is 11.3 Å². The Morgan fingerprint density at radius 1 is 1.56 bits per heavy atom. The lowest BCUT2D eigenvalue weighted by Gasteiger charge is -1.96. The SMILES string of the molecule is CCOC(=O)Cc1nnc(-c2cccs2)o1. The fourth-order valence-electron chi connectivity index (χ4n) is 1.16. The number of carbonyl (C=O) groups is 1. The van der Waals surface area contributed by atoms with Gasteiger partial charge in [-0.1, -0.05) is 6.07 Å². The van der Waals surface area contributed by atoms with E-state index in [-0.39, 0.29) is 18.3 Å². The molecule has 0 saturated carbocycles. The standard InChI is InChI=1S/C10H10N2O3S/c1-2-14-9(13)6-8-11-12-10(15-8)7-4-3-5-16-7/h3-5H,2,6H2,1H3. The second-order valence-corrected chi connectivity index (χ2v) is 3.91. The van der Waals surface area contributed by atoms with Crippen LogP contribution < -0.4 is 0 Å². The number of hydrogen-bond donors (Lipinski definition) is 0. The Morgan fingerprint density at radius 3 is 3.12 bits per heavy atom. The summed E-state index contributed by atoms with van der Waals surface area (Å²) in [5.74, 6) is 0.361. The highest BCUT2D eigenvalue weighted by molar-refractivity contribution is 7.13. The van der Waals surface area contributed by atoms with E-state index < -0.39 is 0 Å². The minimum Gasteiger partial charge on any atom is -0.466 e. The molecule has 0 fully saturated rings. The van der Waals surface area contributed by atoms with E-state index in [9.17, 15) is 4.79 Å². The summed E-state index contributed by atoms with van der Waals surface area (Å²) in [5.41, 5.74) is 0. The van der Waals surface area contributed by atoms with Crippen LogP contribution in [-0.4, -0.2) is 22.8 Å². The van der Waals surface area contributed by atoms with E-state index in [1.54, 1.807) is 6.92 Å². The number of rotatable bonds is 4. The molecule has 0 N–H and O–H groups in total. The van der Waals surface area contributed by atoms with Crippen molar-refractivity contribution >= 4 is 17.3 Å². The number of carbonyl (C=O) groups excluding carboxylic acids is 1. The molecule has 0 aliphatic heterocycles. The molecule has 0 spiro atoms. The van der Waals surface area contributed by atoms with Crippen LogP contribution in [0.15, 0.2) is 21.9 Å². The first-order valence-electron chi connectivity index (χ1n) is 4.81. The number of nitrogens with zero attached hydrogens (tertiary/aromatic N) is 2. The van der Waals surface area contributed by atoms with Crippen molar-refractivity contribution in [2.75, 3.05) is 6.61 Å². The maximum absolute atomic E-state index is 11.2. The zero-order chi connectivity index (χ0) is 11.4. The lowest BCUT2D eigenvalue weighted by Crippen LogP contribution is -2.07. The highest BCUT2D eigenvalue weighted by Gasteiger charge is 2.13. The molecule has 0 bridgehead atoms. The molecule has 5 nitrogen and oxygen atoms in total. The minimum atomic E-state index is -0.358. The number of esters is 1. The van der Waals surface area contributed by atoms with Crippen molar-refractivity contribution in [2.24, 2.45) is 0 Å². The molecule has 0 aromatic carbocycles. The van der Waals surface area contributed by atoms with Gasteiger partial charge in [0.25, 0.3) is 5.89 Å². The molecule has 0 aliphatic rings. The molecule has 0 unspecified atom stereocenters. The number of hydrogen-bond acceptors (Lipinski definition) is 6. The molecular formula is C10H10N2O3S. The highest BCUT2D eigenvalue weighted by Crippen LogP contribution is 2.22. The molecule has 84 valence electrons. The quantitative estimate of drug-likeness (QED) is 0.761. The van der Waals surface area contributed by atoms with Gasteiger partial charge in [0.2, 0.25) is 5.89 Å². The van der Waals surface area contributed by atoms with Crippen molar-refractivity contribution in [2.45, 2.75) is 13.3 Å². The van der Waals surface area contributed by atoms with Crippen LogP contribution in [0, 0.1) is 0 Å². The molecule has 0 radical (unpaired) electrons. The molecule has 6 heteroatoms. The lowest BCUT2D eigenvalue weighted by molar-refractivity contribution is -0.142. The summed E-state index contributed by atoms with van der Waals surface area (Å²) in [5, 5.41) is 9.56. The molecule has 0 amide bonds. The second-order valence-electron chi connectivity index (χ2n) is 2.96. The summed E-state index contributed by atoms with van der Waals surface area (Å²) in [6.45, 7) is 2.10. The molecule has 0 saturated heterocycles. The van der Waals surface area contributed by atoms with Gasteiger partial charge < -0.3 is 9.15 Å². The number of thiophene rings is 1. The summed E-state index contributed by atoms with van der Waals surface area (Å²) in [6.07, 6.45) is 0.0201. The predicted octanol–water partition coefficient (Wildman–Crippen LogP) is 1.90. The highest BCUT2D eigenvalue weighted by atomic mass is 32.1. The fourth-order valence-corrected chi connectivity index (χ4v) is 1.80. The second kappa shape index (κ2) is 4.89. The van der Waals surface area contributed by atoms with Crippen molar-refractivity contribution < 1.29 is 13.9 Å². The molecule has 2 aromatic rings. The summed E-state index contributed by atoms with van der Waals surface area (Å²) in [7, 11) is 0. The van der Waals surface area contributed by atoms with Crippen molar-refractivity contribution in [3.05, 3.63) is 23.4 Å². The van der Waals surface area contributed by atoms with E-state index in [0.717, 1.165) is 4.88 Å². The van der Waals surface area contributed by atoms with Gasteiger partial charge in [-0.05, 0) is 18.4 Å². The Hall–Kier alpha value is -1.69. The Morgan fingerprint density at radius 2 is 2.44 bits per heavy atom. The van der Waals surface area contributed by atoms with E-state index in [4.69, 9.17) is 9.15 Å². The van der Waals surface area contributed by atoms with Gasteiger partial charge in [0.05, 0.1) is 11.5 Å². The summed E-state index contributed by atoms with van der Waals surface area (Å²) >= 11 is 1.51. The van der Waals surface area contributed by atoms with E-state index in [0.29, 0.717) is 12.5 Å². The maximum Gasteiger partial charge on any atom is 0.315 e. The van der Waals surface area contributed by atoms with E-state index in [1.165, 1.54) is 11.3 Å². The van der Waals surface area contributed by atoms with Crippen LogP contribution in [0.2, 0.25) is 0 Å². The van der Waals surface area contributed by atoms with Crippen LogP contribution in [0.5, 0.6) is 0 Å². The van der Waals surface area contributed by atoms with Crippen LogP contribution in [0.25, 0.3) is 10.8 Å². The Balaban J connectivity index is 2.06. The van der Waals surface area contributed by atoms with Gasteiger partial charge in [0.15, 0.2) is 0 Å². The fraction of sp³-hybridized carbons (Fsp3) is 0.300. The van der Waals surface area contributed by atoms with Gasteiger partial charge in [-0.3, -0.25) is 4.79 Å².